The fourth-order valence-electron chi connectivity index (χ4n) is 4.29. The van der Waals surface area contributed by atoms with Gasteiger partial charge in [0.25, 0.3) is 0 Å². The first-order chi connectivity index (χ1) is 14.9. The average Bonchev–Trinajstić information content (AvgIpc) is 3.21. The lowest BCUT2D eigenvalue weighted by Crippen LogP contribution is -2.62. The third-order valence-electron chi connectivity index (χ3n) is 5.86. The second-order valence-electron chi connectivity index (χ2n) is 8.44. The van der Waals surface area contributed by atoms with Crippen molar-refractivity contribution in [2.45, 2.75) is 56.4 Å². The Hall–Kier alpha value is -2.06. The highest BCUT2D eigenvalue weighted by molar-refractivity contribution is 5.24. The molecule has 31 heavy (non-hydrogen) atoms. The normalized spacial score (nSPS) is 31.5. The van der Waals surface area contributed by atoms with E-state index in [2.05, 4.69) is 6.58 Å². The number of benzene rings is 2. The summed E-state index contributed by atoms with van der Waals surface area (Å²) in [6.45, 7) is 8.10. The van der Waals surface area contributed by atoms with Crippen molar-refractivity contribution in [3.05, 3.63) is 84.4 Å². The number of hydrogen-bond donors (Lipinski definition) is 1. The Bertz CT molecular complexity index is 870. The third kappa shape index (κ3) is 4.20. The maximum absolute atomic E-state index is 10.5. The second kappa shape index (κ2) is 8.82. The minimum absolute atomic E-state index is 0.0827. The zero-order chi connectivity index (χ0) is 22.0. The van der Waals surface area contributed by atoms with Crippen molar-refractivity contribution in [2.75, 3.05) is 13.2 Å². The topological polar surface area (TPSA) is 66.4 Å². The molecule has 2 aliphatic rings. The molecule has 2 fully saturated rings. The Balaban J connectivity index is 1.60. The summed E-state index contributed by atoms with van der Waals surface area (Å²) in [4.78, 5) is 0. The minimum atomic E-state index is -1.23. The van der Waals surface area contributed by atoms with E-state index in [9.17, 15) is 5.11 Å². The average molecular weight is 427 g/mol. The van der Waals surface area contributed by atoms with Crippen LogP contribution in [0.15, 0.2) is 73.3 Å². The van der Waals surface area contributed by atoms with Gasteiger partial charge in [0, 0.05) is 0 Å². The van der Waals surface area contributed by atoms with E-state index in [0.717, 1.165) is 11.1 Å². The number of hydrogen-bond acceptors (Lipinski definition) is 6. The molecule has 4 rings (SSSR count). The van der Waals surface area contributed by atoms with Crippen LogP contribution in [0, 0.1) is 0 Å². The Morgan fingerprint density at radius 3 is 2.13 bits per heavy atom. The number of aliphatic hydroxyl groups is 1. The number of ether oxygens (including phenoxy) is 5. The molecule has 166 valence electrons. The predicted octanol–water partition coefficient (Wildman–Crippen LogP) is 3.58. The number of aliphatic hydroxyl groups excluding tert-OH is 1. The molecule has 0 aromatic heterocycles. The van der Waals surface area contributed by atoms with Crippen molar-refractivity contribution in [1.29, 1.82) is 0 Å². The molecule has 2 aromatic rings. The molecule has 2 aromatic carbocycles. The van der Waals surface area contributed by atoms with Gasteiger partial charge in [-0.1, -0.05) is 66.7 Å². The molecule has 0 unspecified atom stereocenters. The quantitative estimate of drug-likeness (QED) is 0.619. The first-order valence-corrected chi connectivity index (χ1v) is 10.5. The third-order valence-corrected chi connectivity index (χ3v) is 5.86. The maximum Gasteiger partial charge on any atom is 0.191 e. The Labute approximate surface area is 183 Å². The molecule has 0 spiro atoms. The van der Waals surface area contributed by atoms with E-state index in [-0.39, 0.29) is 13.2 Å². The van der Waals surface area contributed by atoms with E-state index in [1.807, 2.05) is 74.5 Å². The summed E-state index contributed by atoms with van der Waals surface area (Å²) in [6.07, 6.45) is 0.348. The standard InChI is InChI=1S/C25H30O6/c1-4-25(28-16-20-13-9-6-10-14-20)21-22(30-23(2,3)29-21)31-24(25,17-26)18-27-15-19-11-7-5-8-12-19/h4-14,21-22,26H,1,15-18H2,2-3H3/t21-,22-,24-,25-/m0/s1. The van der Waals surface area contributed by atoms with Gasteiger partial charge >= 0.3 is 0 Å². The van der Waals surface area contributed by atoms with Crippen LogP contribution in [0.4, 0.5) is 0 Å². The molecule has 6 heteroatoms. The van der Waals surface area contributed by atoms with Gasteiger partial charge in [0.2, 0.25) is 0 Å². The van der Waals surface area contributed by atoms with Crippen molar-refractivity contribution in [1.82, 2.24) is 0 Å². The molecule has 6 nitrogen and oxygen atoms in total. The van der Waals surface area contributed by atoms with Gasteiger partial charge in [0.05, 0.1) is 26.4 Å². The zero-order valence-corrected chi connectivity index (χ0v) is 18.0. The van der Waals surface area contributed by atoms with Crippen LogP contribution in [-0.4, -0.2) is 47.7 Å². The fourth-order valence-corrected chi connectivity index (χ4v) is 4.29. The molecule has 2 aliphatic heterocycles. The van der Waals surface area contributed by atoms with Gasteiger partial charge in [-0.2, -0.15) is 0 Å². The van der Waals surface area contributed by atoms with E-state index < -0.39 is 29.4 Å². The highest BCUT2D eigenvalue weighted by atomic mass is 16.9. The Morgan fingerprint density at radius 2 is 1.55 bits per heavy atom. The van der Waals surface area contributed by atoms with Crippen molar-refractivity contribution in [3.8, 4) is 0 Å². The van der Waals surface area contributed by atoms with Crippen LogP contribution in [0.25, 0.3) is 0 Å². The van der Waals surface area contributed by atoms with E-state index in [1.165, 1.54) is 0 Å². The summed E-state index contributed by atoms with van der Waals surface area (Å²) >= 11 is 0. The summed E-state index contributed by atoms with van der Waals surface area (Å²) in [5.74, 6) is -0.841. The van der Waals surface area contributed by atoms with Gasteiger partial charge in [0.15, 0.2) is 23.3 Å². The molecule has 1 N–H and O–H groups in total. The van der Waals surface area contributed by atoms with Crippen molar-refractivity contribution < 1.29 is 28.8 Å². The Kier molecular flexibility index (Phi) is 6.30. The van der Waals surface area contributed by atoms with Crippen molar-refractivity contribution in [2.24, 2.45) is 0 Å². The summed E-state index contributed by atoms with van der Waals surface area (Å²) in [5.41, 5.74) is -0.393. The number of rotatable bonds is 9. The van der Waals surface area contributed by atoms with Gasteiger partial charge in [-0.25, -0.2) is 0 Å². The molecule has 0 aliphatic carbocycles. The van der Waals surface area contributed by atoms with E-state index in [1.54, 1.807) is 6.08 Å². The van der Waals surface area contributed by atoms with Gasteiger partial charge in [0.1, 0.15) is 6.10 Å². The predicted molar refractivity (Wildman–Crippen MR) is 115 cm³/mol. The fraction of sp³-hybridized carbons (Fsp3) is 0.440. The molecular weight excluding hydrogens is 396 g/mol. The van der Waals surface area contributed by atoms with Crippen LogP contribution in [0.3, 0.4) is 0 Å². The van der Waals surface area contributed by atoms with E-state index in [4.69, 9.17) is 23.7 Å². The smallest absolute Gasteiger partial charge is 0.191 e. The lowest BCUT2D eigenvalue weighted by molar-refractivity contribution is -0.277. The van der Waals surface area contributed by atoms with Gasteiger partial charge in [-0.15, -0.1) is 6.58 Å². The van der Waals surface area contributed by atoms with Gasteiger partial charge in [-0.05, 0) is 25.0 Å². The van der Waals surface area contributed by atoms with Crippen LogP contribution in [0.2, 0.25) is 0 Å². The summed E-state index contributed by atoms with van der Waals surface area (Å²) in [5, 5.41) is 10.5. The largest absolute Gasteiger partial charge is 0.393 e. The van der Waals surface area contributed by atoms with Gasteiger partial charge in [-0.3, -0.25) is 0 Å². The maximum atomic E-state index is 10.5. The summed E-state index contributed by atoms with van der Waals surface area (Å²) in [6, 6.07) is 19.6. The lowest BCUT2D eigenvalue weighted by Gasteiger charge is -2.43. The molecule has 0 radical (unpaired) electrons. The number of fused-ring (bicyclic) bond motifs is 1. The van der Waals surface area contributed by atoms with Crippen molar-refractivity contribution in [3.63, 3.8) is 0 Å². The summed E-state index contributed by atoms with van der Waals surface area (Å²) < 4.78 is 30.9. The SMILES string of the molecule is C=C[C@]1(OCc2ccccc2)[C@H]2OC(C)(C)O[C@H]2O[C@@]1(CO)COCc1ccccc1. The highest BCUT2D eigenvalue weighted by Gasteiger charge is 2.70. The van der Waals surface area contributed by atoms with E-state index in [0.29, 0.717) is 13.2 Å². The van der Waals surface area contributed by atoms with Crippen LogP contribution in [0.5, 0.6) is 0 Å². The molecule has 0 bridgehead atoms. The molecule has 0 saturated carbocycles. The van der Waals surface area contributed by atoms with Crippen LogP contribution < -0.4 is 0 Å². The molecule has 2 saturated heterocycles. The van der Waals surface area contributed by atoms with Gasteiger partial charge < -0.3 is 28.8 Å². The van der Waals surface area contributed by atoms with Crippen LogP contribution >= 0.6 is 0 Å². The molecule has 0 amide bonds. The first kappa shape index (κ1) is 22.1. The molecular formula is C25H30O6. The monoisotopic (exact) mass is 426 g/mol. The zero-order valence-electron chi connectivity index (χ0n) is 18.0. The second-order valence-corrected chi connectivity index (χ2v) is 8.44. The molecule has 2 heterocycles. The Morgan fingerprint density at radius 1 is 0.935 bits per heavy atom. The summed E-state index contributed by atoms with van der Waals surface area (Å²) in [7, 11) is 0. The van der Waals surface area contributed by atoms with Crippen molar-refractivity contribution >= 4 is 0 Å². The van der Waals surface area contributed by atoms with Crippen LogP contribution in [0.1, 0.15) is 25.0 Å². The highest BCUT2D eigenvalue weighted by Crippen LogP contribution is 2.51. The molecule has 4 atom stereocenters. The van der Waals surface area contributed by atoms with E-state index >= 15 is 0 Å². The minimum Gasteiger partial charge on any atom is -0.393 e. The lowest BCUT2D eigenvalue weighted by atomic mass is 9.81. The van der Waals surface area contributed by atoms with Crippen LogP contribution in [-0.2, 0) is 36.9 Å². The first-order valence-electron chi connectivity index (χ1n) is 10.5.